The summed E-state index contributed by atoms with van der Waals surface area (Å²) < 4.78 is 16.9. The van der Waals surface area contributed by atoms with Gasteiger partial charge in [0.2, 0.25) is 6.79 Å². The highest BCUT2D eigenvalue weighted by atomic mass is 35.5. The Labute approximate surface area is 192 Å². The lowest BCUT2D eigenvalue weighted by Crippen LogP contribution is -2.39. The monoisotopic (exact) mass is 457 g/mol. The summed E-state index contributed by atoms with van der Waals surface area (Å²) in [6, 6.07) is 3.50. The fraction of sp³-hybridized carbons (Fsp3) is 0.520. The molecular weight excluding hydrogens is 430 g/mol. The molecule has 2 aliphatic heterocycles. The number of hydrogen-bond acceptors (Lipinski definition) is 6. The Bertz CT molecular complexity index is 1060. The fourth-order valence-electron chi connectivity index (χ4n) is 5.39. The molecule has 1 aromatic carbocycles. The predicted octanol–water partition coefficient (Wildman–Crippen LogP) is 5.16. The van der Waals surface area contributed by atoms with Gasteiger partial charge >= 0.3 is 5.97 Å². The molecule has 1 N–H and O–H groups in total. The Balaban J connectivity index is 1.63. The molecule has 32 heavy (non-hydrogen) atoms. The van der Waals surface area contributed by atoms with E-state index in [1.807, 2.05) is 6.92 Å². The van der Waals surface area contributed by atoms with Crippen LogP contribution in [0.15, 0.2) is 34.7 Å². The molecule has 4 aliphatic rings. The van der Waals surface area contributed by atoms with Crippen LogP contribution in [-0.4, -0.2) is 24.6 Å². The zero-order chi connectivity index (χ0) is 22.6. The number of allylic oxidation sites excluding steroid dienone is 3. The average Bonchev–Trinajstić information content (AvgIpc) is 3.36. The number of ether oxygens (including phenoxy) is 3. The van der Waals surface area contributed by atoms with Crippen molar-refractivity contribution in [2.75, 3.05) is 6.79 Å². The van der Waals surface area contributed by atoms with Crippen molar-refractivity contribution in [3.63, 3.8) is 0 Å². The molecule has 5 rings (SSSR count). The Hall–Kier alpha value is -2.47. The molecule has 2 heterocycles. The van der Waals surface area contributed by atoms with Crippen molar-refractivity contribution in [2.45, 2.75) is 71.3 Å². The second kappa shape index (κ2) is 7.84. The van der Waals surface area contributed by atoms with Crippen molar-refractivity contribution in [3.8, 4) is 11.5 Å². The quantitative estimate of drug-likeness (QED) is 0.632. The van der Waals surface area contributed by atoms with E-state index in [1.54, 1.807) is 12.1 Å². The van der Waals surface area contributed by atoms with Crippen LogP contribution in [-0.2, 0) is 14.3 Å². The molecule has 0 amide bonds. The predicted molar refractivity (Wildman–Crippen MR) is 120 cm³/mol. The van der Waals surface area contributed by atoms with E-state index in [1.165, 1.54) is 0 Å². The maximum atomic E-state index is 13.4. The van der Waals surface area contributed by atoms with Gasteiger partial charge in [-0.2, -0.15) is 0 Å². The van der Waals surface area contributed by atoms with E-state index < -0.39 is 5.92 Å². The van der Waals surface area contributed by atoms with Gasteiger partial charge in [-0.25, -0.2) is 4.79 Å². The highest BCUT2D eigenvalue weighted by molar-refractivity contribution is 6.32. The van der Waals surface area contributed by atoms with Crippen LogP contribution in [0.1, 0.15) is 70.8 Å². The number of fused-ring (bicyclic) bond motifs is 1. The summed E-state index contributed by atoms with van der Waals surface area (Å²) in [4.78, 5) is 26.9. The van der Waals surface area contributed by atoms with Gasteiger partial charge < -0.3 is 19.5 Å². The normalized spacial score (nSPS) is 24.5. The smallest absolute Gasteiger partial charge is 0.337 e. The van der Waals surface area contributed by atoms with Gasteiger partial charge in [0, 0.05) is 40.4 Å². The number of benzene rings is 1. The number of dihydropyridines is 1. The summed E-state index contributed by atoms with van der Waals surface area (Å²) >= 11 is 6.70. The third-order valence-corrected chi connectivity index (χ3v) is 7.17. The second-order valence-corrected chi connectivity index (χ2v) is 10.4. The number of carbonyl (C=O) groups is 2. The van der Waals surface area contributed by atoms with Gasteiger partial charge in [-0.05, 0) is 56.1 Å². The first-order valence-corrected chi connectivity index (χ1v) is 11.7. The first-order chi connectivity index (χ1) is 15.2. The number of carbonyl (C=O) groups excluding carboxylic acids is 2. The van der Waals surface area contributed by atoms with Crippen LogP contribution in [0.4, 0.5) is 0 Å². The van der Waals surface area contributed by atoms with E-state index >= 15 is 0 Å². The van der Waals surface area contributed by atoms with Gasteiger partial charge in [-0.1, -0.05) is 25.4 Å². The van der Waals surface area contributed by atoms with E-state index in [2.05, 4.69) is 19.2 Å². The summed E-state index contributed by atoms with van der Waals surface area (Å²) in [5.74, 6) is 0.167. The summed E-state index contributed by atoms with van der Waals surface area (Å²) in [6.07, 6.45) is 4.94. The van der Waals surface area contributed by atoms with E-state index in [0.717, 1.165) is 37.8 Å². The SMILES string of the molecule is CC1=C(C(=O)OC2CCCC2)[C@H](c2cc3c(cc2Cl)OCO3)C2=C(CC(C)(C)CC2=O)N1. The highest BCUT2D eigenvalue weighted by Gasteiger charge is 2.44. The number of ketones is 1. The third-order valence-electron chi connectivity index (χ3n) is 6.84. The van der Waals surface area contributed by atoms with Crippen LogP contribution in [0.25, 0.3) is 0 Å². The molecule has 0 bridgehead atoms. The number of esters is 1. The van der Waals surface area contributed by atoms with Crippen molar-refractivity contribution in [2.24, 2.45) is 5.41 Å². The molecule has 0 radical (unpaired) electrons. The molecule has 1 fully saturated rings. The number of nitrogens with one attached hydrogen (secondary N) is 1. The summed E-state index contributed by atoms with van der Waals surface area (Å²) in [5.41, 5.74) is 3.12. The minimum Gasteiger partial charge on any atom is -0.459 e. The van der Waals surface area contributed by atoms with E-state index in [0.29, 0.717) is 45.3 Å². The number of Topliss-reactive ketones (excluding diaryl/α,β-unsaturated/α-hetero) is 1. The maximum absolute atomic E-state index is 13.4. The van der Waals surface area contributed by atoms with E-state index in [-0.39, 0.29) is 30.1 Å². The molecule has 2 aliphatic carbocycles. The second-order valence-electron chi connectivity index (χ2n) is 9.97. The van der Waals surface area contributed by atoms with Crippen LogP contribution in [0.5, 0.6) is 11.5 Å². The summed E-state index contributed by atoms with van der Waals surface area (Å²) in [5, 5.41) is 3.81. The molecule has 6 nitrogen and oxygen atoms in total. The zero-order valence-electron chi connectivity index (χ0n) is 18.7. The van der Waals surface area contributed by atoms with Crippen molar-refractivity contribution in [1.29, 1.82) is 0 Å². The largest absolute Gasteiger partial charge is 0.459 e. The molecule has 1 atom stereocenters. The highest BCUT2D eigenvalue weighted by Crippen LogP contribution is 2.50. The lowest BCUT2D eigenvalue weighted by atomic mass is 9.68. The molecule has 0 aromatic heterocycles. The molecule has 1 aromatic rings. The van der Waals surface area contributed by atoms with Gasteiger partial charge in [0.05, 0.1) is 5.57 Å². The lowest BCUT2D eigenvalue weighted by molar-refractivity contribution is -0.144. The van der Waals surface area contributed by atoms with Crippen molar-refractivity contribution < 1.29 is 23.8 Å². The minimum atomic E-state index is -0.606. The Morgan fingerprint density at radius 1 is 1.16 bits per heavy atom. The third kappa shape index (κ3) is 3.68. The fourth-order valence-corrected chi connectivity index (χ4v) is 5.66. The number of halogens is 1. The topological polar surface area (TPSA) is 73.9 Å². The Morgan fingerprint density at radius 2 is 1.84 bits per heavy atom. The van der Waals surface area contributed by atoms with Crippen molar-refractivity contribution in [1.82, 2.24) is 5.32 Å². The zero-order valence-corrected chi connectivity index (χ0v) is 19.4. The Kier molecular flexibility index (Phi) is 5.24. The van der Waals surface area contributed by atoms with E-state index in [4.69, 9.17) is 25.8 Å². The maximum Gasteiger partial charge on any atom is 0.337 e. The van der Waals surface area contributed by atoms with Crippen molar-refractivity contribution in [3.05, 3.63) is 45.3 Å². The van der Waals surface area contributed by atoms with Crippen LogP contribution < -0.4 is 14.8 Å². The summed E-state index contributed by atoms with van der Waals surface area (Å²) in [6.45, 7) is 6.16. The Morgan fingerprint density at radius 3 is 2.56 bits per heavy atom. The molecule has 7 heteroatoms. The number of rotatable bonds is 3. The van der Waals surface area contributed by atoms with Crippen LogP contribution in [0, 0.1) is 5.41 Å². The average molecular weight is 458 g/mol. The molecular formula is C25H28ClNO5. The van der Waals surface area contributed by atoms with Crippen LogP contribution in [0.2, 0.25) is 5.02 Å². The molecule has 0 unspecified atom stereocenters. The lowest BCUT2D eigenvalue weighted by Gasteiger charge is -2.39. The van der Waals surface area contributed by atoms with Crippen molar-refractivity contribution >= 4 is 23.4 Å². The molecule has 0 saturated heterocycles. The first-order valence-electron chi connectivity index (χ1n) is 11.3. The van der Waals surface area contributed by atoms with Gasteiger partial charge in [0.25, 0.3) is 0 Å². The van der Waals surface area contributed by atoms with E-state index in [9.17, 15) is 9.59 Å². The summed E-state index contributed by atoms with van der Waals surface area (Å²) in [7, 11) is 0. The van der Waals surface area contributed by atoms with Gasteiger partial charge in [0.1, 0.15) is 6.10 Å². The first kappa shape index (κ1) is 21.4. The van der Waals surface area contributed by atoms with Gasteiger partial charge in [0.15, 0.2) is 17.3 Å². The van der Waals surface area contributed by atoms with Crippen LogP contribution >= 0.6 is 11.6 Å². The number of hydrogen-bond donors (Lipinski definition) is 1. The molecule has 1 saturated carbocycles. The molecule has 170 valence electrons. The van der Waals surface area contributed by atoms with Gasteiger partial charge in [-0.15, -0.1) is 0 Å². The standard InChI is InChI=1S/C25H28ClNO5/c1-13-21(24(29)32-14-6-4-5-7-14)22(15-8-19-20(9-16(15)26)31-12-30-19)23-17(27-13)10-25(2,3)11-18(23)28/h8-9,14,22,27H,4-7,10-12H2,1-3H3/t22-/m0/s1. The molecule has 0 spiro atoms. The minimum absolute atomic E-state index is 0.0288. The van der Waals surface area contributed by atoms with Gasteiger partial charge in [-0.3, -0.25) is 4.79 Å². The van der Waals surface area contributed by atoms with Crippen LogP contribution in [0.3, 0.4) is 0 Å².